The van der Waals surface area contributed by atoms with Gasteiger partial charge in [-0.3, -0.25) is 14.6 Å². The van der Waals surface area contributed by atoms with Crippen molar-refractivity contribution >= 4 is 29.3 Å². The van der Waals surface area contributed by atoms with E-state index in [2.05, 4.69) is 10.2 Å². The zero-order valence-corrected chi connectivity index (χ0v) is 12.7. The third-order valence-electron chi connectivity index (χ3n) is 3.86. The molecule has 0 atom stereocenters. The van der Waals surface area contributed by atoms with Crippen molar-refractivity contribution in [1.29, 1.82) is 0 Å². The Morgan fingerprint density at radius 3 is 2.57 bits per heavy atom. The highest BCUT2D eigenvalue weighted by molar-refractivity contribution is 7.80. The van der Waals surface area contributed by atoms with Gasteiger partial charge in [0.2, 0.25) is 0 Å². The normalized spacial score (nSPS) is 21.9. The van der Waals surface area contributed by atoms with Crippen LogP contribution in [0.25, 0.3) is 6.08 Å². The molecule has 1 N–H and O–H groups in total. The topological polar surface area (TPSA) is 35.6 Å². The summed E-state index contributed by atoms with van der Waals surface area (Å²) in [7, 11) is 0. The van der Waals surface area contributed by atoms with Gasteiger partial charge in [0.05, 0.1) is 6.67 Å². The van der Waals surface area contributed by atoms with Gasteiger partial charge in [0.1, 0.15) is 5.70 Å². The Hall–Kier alpha value is -1.72. The molecule has 0 bridgehead atoms. The lowest BCUT2D eigenvalue weighted by atomic mass is 10.1. The number of hydrogen-bond acceptors (Lipinski definition) is 3. The van der Waals surface area contributed by atoms with E-state index in [1.807, 2.05) is 36.4 Å². The number of hydrogen-bond donors (Lipinski definition) is 1. The molecule has 1 aromatic rings. The van der Waals surface area contributed by atoms with E-state index in [0.717, 1.165) is 18.7 Å². The van der Waals surface area contributed by atoms with Crippen LogP contribution in [-0.2, 0) is 4.79 Å². The maximum absolute atomic E-state index is 12.5. The Bertz CT molecular complexity index is 564. The van der Waals surface area contributed by atoms with Gasteiger partial charge in [-0.15, -0.1) is 0 Å². The molecule has 2 aliphatic heterocycles. The second-order valence-corrected chi connectivity index (χ2v) is 5.84. The number of thiocarbonyl (C=S) groups is 1. The summed E-state index contributed by atoms with van der Waals surface area (Å²) >= 11 is 5.31. The van der Waals surface area contributed by atoms with E-state index < -0.39 is 0 Å². The molecule has 0 aromatic heterocycles. The Morgan fingerprint density at radius 1 is 1.14 bits per heavy atom. The first kappa shape index (κ1) is 14.2. The highest BCUT2D eigenvalue weighted by Crippen LogP contribution is 2.16. The van der Waals surface area contributed by atoms with Crippen LogP contribution in [0.2, 0.25) is 0 Å². The van der Waals surface area contributed by atoms with Crippen LogP contribution in [0, 0.1) is 0 Å². The van der Waals surface area contributed by atoms with Crippen LogP contribution in [0.4, 0.5) is 0 Å². The molecule has 3 rings (SSSR count). The predicted octanol–water partition coefficient (Wildman–Crippen LogP) is 2.19. The average Bonchev–Trinajstić information content (AvgIpc) is 2.77. The Kier molecular flexibility index (Phi) is 4.31. The summed E-state index contributed by atoms with van der Waals surface area (Å²) in [6, 6.07) is 9.81. The Morgan fingerprint density at radius 2 is 1.86 bits per heavy atom. The molecule has 0 spiro atoms. The monoisotopic (exact) mass is 301 g/mol. The van der Waals surface area contributed by atoms with Crippen LogP contribution >= 0.6 is 12.2 Å². The number of nitrogens with one attached hydrogen (secondary N) is 1. The summed E-state index contributed by atoms with van der Waals surface area (Å²) in [5.74, 6) is -0.0329. The number of carbonyl (C=O) groups is 1. The maximum Gasteiger partial charge on any atom is 0.277 e. The van der Waals surface area contributed by atoms with E-state index in [1.54, 1.807) is 4.90 Å². The minimum absolute atomic E-state index is 0.0329. The van der Waals surface area contributed by atoms with Crippen LogP contribution in [0.3, 0.4) is 0 Å². The van der Waals surface area contributed by atoms with Crippen molar-refractivity contribution in [3.8, 4) is 0 Å². The highest BCUT2D eigenvalue weighted by Gasteiger charge is 2.31. The van der Waals surface area contributed by atoms with Crippen LogP contribution in [0.5, 0.6) is 0 Å². The number of amides is 1. The fourth-order valence-corrected chi connectivity index (χ4v) is 2.97. The SMILES string of the molecule is O=C1C(=Cc2ccccc2)NC(=S)N1CN1CCCCC1. The minimum Gasteiger partial charge on any atom is -0.328 e. The van der Waals surface area contributed by atoms with Gasteiger partial charge in [-0.1, -0.05) is 36.8 Å². The number of benzene rings is 1. The summed E-state index contributed by atoms with van der Waals surface area (Å²) in [5.41, 5.74) is 1.55. The molecule has 0 unspecified atom stereocenters. The van der Waals surface area contributed by atoms with Crippen molar-refractivity contribution in [3.63, 3.8) is 0 Å². The minimum atomic E-state index is -0.0329. The summed E-state index contributed by atoms with van der Waals surface area (Å²) in [4.78, 5) is 16.4. The predicted molar refractivity (Wildman–Crippen MR) is 87.3 cm³/mol. The molecule has 2 aliphatic rings. The number of nitrogens with zero attached hydrogens (tertiary/aromatic N) is 2. The second kappa shape index (κ2) is 6.37. The molecule has 110 valence electrons. The number of rotatable bonds is 3. The van der Waals surface area contributed by atoms with Crippen LogP contribution in [0.15, 0.2) is 36.0 Å². The molecule has 5 heteroatoms. The van der Waals surface area contributed by atoms with Gasteiger partial charge < -0.3 is 5.32 Å². The average molecular weight is 301 g/mol. The van der Waals surface area contributed by atoms with E-state index in [9.17, 15) is 4.79 Å². The molecule has 0 saturated carbocycles. The van der Waals surface area contributed by atoms with Crippen LogP contribution in [0.1, 0.15) is 24.8 Å². The van der Waals surface area contributed by atoms with Gasteiger partial charge in [0, 0.05) is 0 Å². The van der Waals surface area contributed by atoms with Crippen molar-refractivity contribution in [2.75, 3.05) is 19.8 Å². The fraction of sp³-hybridized carbons (Fsp3) is 0.375. The molecule has 2 heterocycles. The molecule has 1 amide bonds. The zero-order valence-electron chi connectivity index (χ0n) is 11.9. The molecular weight excluding hydrogens is 282 g/mol. The third-order valence-corrected chi connectivity index (χ3v) is 4.19. The fourth-order valence-electron chi connectivity index (χ4n) is 2.72. The van der Waals surface area contributed by atoms with Crippen molar-refractivity contribution in [2.45, 2.75) is 19.3 Å². The van der Waals surface area contributed by atoms with Gasteiger partial charge in [-0.05, 0) is 49.8 Å². The van der Waals surface area contributed by atoms with Gasteiger partial charge >= 0.3 is 0 Å². The van der Waals surface area contributed by atoms with Gasteiger partial charge in [0.15, 0.2) is 5.11 Å². The molecule has 4 nitrogen and oxygen atoms in total. The zero-order chi connectivity index (χ0) is 14.7. The standard InChI is InChI=1S/C16H19N3OS/c20-15-14(11-13-7-3-1-4-8-13)17-16(21)19(15)12-18-9-5-2-6-10-18/h1,3-4,7-8,11H,2,5-6,9-10,12H2,(H,17,21). The summed E-state index contributed by atoms with van der Waals surface area (Å²) in [6.07, 6.45) is 5.54. The quantitative estimate of drug-likeness (QED) is 0.686. The second-order valence-electron chi connectivity index (χ2n) is 5.45. The van der Waals surface area contributed by atoms with Crippen molar-refractivity contribution in [2.24, 2.45) is 0 Å². The van der Waals surface area contributed by atoms with Gasteiger partial charge in [0.25, 0.3) is 5.91 Å². The van der Waals surface area contributed by atoms with Crippen molar-refractivity contribution in [1.82, 2.24) is 15.1 Å². The number of carbonyl (C=O) groups excluding carboxylic acids is 1. The number of piperidine rings is 1. The summed E-state index contributed by atoms with van der Waals surface area (Å²) in [5, 5.41) is 3.54. The maximum atomic E-state index is 12.5. The first-order chi connectivity index (χ1) is 10.2. The molecular formula is C16H19N3OS. The summed E-state index contributed by atoms with van der Waals surface area (Å²) < 4.78 is 0. The lowest BCUT2D eigenvalue weighted by Gasteiger charge is -2.29. The smallest absolute Gasteiger partial charge is 0.277 e. The Balaban J connectivity index is 1.71. The first-order valence-corrected chi connectivity index (χ1v) is 7.77. The molecule has 2 fully saturated rings. The van der Waals surface area contributed by atoms with Crippen molar-refractivity contribution in [3.05, 3.63) is 41.6 Å². The van der Waals surface area contributed by atoms with E-state index in [4.69, 9.17) is 12.2 Å². The van der Waals surface area contributed by atoms with E-state index in [0.29, 0.717) is 17.5 Å². The largest absolute Gasteiger partial charge is 0.328 e. The first-order valence-electron chi connectivity index (χ1n) is 7.36. The molecule has 2 saturated heterocycles. The van der Waals surface area contributed by atoms with Crippen LogP contribution in [-0.4, -0.2) is 40.6 Å². The lowest BCUT2D eigenvalue weighted by molar-refractivity contribution is -0.123. The van der Waals surface area contributed by atoms with Gasteiger partial charge in [-0.2, -0.15) is 0 Å². The molecule has 0 aliphatic carbocycles. The summed E-state index contributed by atoms with van der Waals surface area (Å²) in [6.45, 7) is 2.69. The Labute approximate surface area is 130 Å². The molecule has 21 heavy (non-hydrogen) atoms. The van der Waals surface area contributed by atoms with E-state index in [1.165, 1.54) is 19.3 Å². The van der Waals surface area contributed by atoms with Crippen LogP contribution < -0.4 is 5.32 Å². The van der Waals surface area contributed by atoms with E-state index in [-0.39, 0.29) is 5.91 Å². The number of likely N-dealkylation sites (tertiary alicyclic amines) is 1. The highest BCUT2D eigenvalue weighted by atomic mass is 32.1. The van der Waals surface area contributed by atoms with E-state index >= 15 is 0 Å². The van der Waals surface area contributed by atoms with Gasteiger partial charge in [-0.25, -0.2) is 0 Å². The third kappa shape index (κ3) is 3.31. The van der Waals surface area contributed by atoms with Crippen molar-refractivity contribution < 1.29 is 4.79 Å². The molecule has 1 aromatic carbocycles. The lowest BCUT2D eigenvalue weighted by Crippen LogP contribution is -2.43. The molecule has 0 radical (unpaired) electrons.